The Morgan fingerprint density at radius 3 is 1.95 bits per heavy atom. The van der Waals surface area contributed by atoms with Crippen molar-refractivity contribution < 1.29 is 19.1 Å². The molecule has 4 aromatic rings. The lowest BCUT2D eigenvalue weighted by Crippen LogP contribution is -2.34. The summed E-state index contributed by atoms with van der Waals surface area (Å²) >= 11 is 14.4. The average molecular weight is 701 g/mol. The Labute approximate surface area is 262 Å². The number of carbonyl (C=O) groups excluding carboxylic acids is 2. The molecule has 2 amide bonds. The van der Waals surface area contributed by atoms with E-state index >= 15 is 0 Å². The maximum absolute atomic E-state index is 13.3. The van der Waals surface area contributed by atoms with Crippen molar-refractivity contribution >= 4 is 63.7 Å². The Hall–Kier alpha value is -3.53. The number of ether oxygens (including phenoxy) is 2. The average Bonchev–Trinajstić information content (AvgIpc) is 2.98. The van der Waals surface area contributed by atoms with Crippen molar-refractivity contribution in [2.24, 2.45) is 0 Å². The summed E-state index contributed by atoms with van der Waals surface area (Å²) in [5.41, 5.74) is 3.18. The van der Waals surface area contributed by atoms with Crippen LogP contribution in [-0.2, 0) is 29.3 Å². The van der Waals surface area contributed by atoms with Crippen LogP contribution in [0.4, 0.5) is 0 Å². The van der Waals surface area contributed by atoms with E-state index in [-0.39, 0.29) is 25.3 Å². The molecule has 2 N–H and O–H groups in total. The van der Waals surface area contributed by atoms with Gasteiger partial charge in [-0.15, -0.1) is 0 Å². The number of halogens is 3. The van der Waals surface area contributed by atoms with Crippen LogP contribution in [0.1, 0.15) is 22.3 Å². The first kappa shape index (κ1) is 30.4. The molecule has 0 aliphatic rings. The molecule has 9 heteroatoms. The maximum atomic E-state index is 13.3. The van der Waals surface area contributed by atoms with Crippen LogP contribution in [0.5, 0.6) is 11.5 Å². The van der Waals surface area contributed by atoms with Crippen LogP contribution in [-0.4, -0.2) is 18.9 Å². The number of hydrogen-bond acceptors (Lipinski definition) is 4. The first-order valence-corrected chi connectivity index (χ1v) is 14.5. The van der Waals surface area contributed by atoms with E-state index in [0.29, 0.717) is 27.1 Å². The minimum Gasteiger partial charge on any atom is -0.493 e. The van der Waals surface area contributed by atoms with E-state index in [1.807, 2.05) is 66.7 Å². The summed E-state index contributed by atoms with van der Waals surface area (Å²) in [5, 5.41) is 6.74. The van der Waals surface area contributed by atoms with Crippen LogP contribution in [0.25, 0.3) is 6.08 Å². The zero-order valence-electron chi connectivity index (χ0n) is 22.1. The molecular formula is C32H27Cl2IN2O4. The van der Waals surface area contributed by atoms with Crippen molar-refractivity contribution in [3.05, 3.63) is 132 Å². The van der Waals surface area contributed by atoms with E-state index in [1.54, 1.807) is 30.3 Å². The van der Waals surface area contributed by atoms with Gasteiger partial charge >= 0.3 is 0 Å². The molecule has 0 fully saturated rings. The van der Waals surface area contributed by atoms with E-state index in [2.05, 4.69) is 33.2 Å². The van der Waals surface area contributed by atoms with Gasteiger partial charge in [0.05, 0.1) is 10.7 Å². The molecular weight excluding hydrogens is 674 g/mol. The fourth-order valence-corrected chi connectivity index (χ4v) is 5.14. The molecule has 0 heterocycles. The predicted octanol–water partition coefficient (Wildman–Crippen LogP) is 7.20. The van der Waals surface area contributed by atoms with Gasteiger partial charge in [-0.05, 0) is 69.6 Å². The highest BCUT2D eigenvalue weighted by atomic mass is 127. The second kappa shape index (κ2) is 14.9. The lowest BCUT2D eigenvalue weighted by Gasteiger charge is -2.15. The zero-order chi connectivity index (χ0) is 29.2. The summed E-state index contributed by atoms with van der Waals surface area (Å²) in [6, 6.07) is 27.7. The summed E-state index contributed by atoms with van der Waals surface area (Å²) < 4.78 is 12.4. The second-order valence-corrected chi connectivity index (χ2v) is 11.0. The van der Waals surface area contributed by atoms with E-state index in [1.165, 1.54) is 7.11 Å². The molecule has 0 aliphatic heterocycles. The van der Waals surface area contributed by atoms with Gasteiger partial charge in [0, 0.05) is 28.7 Å². The van der Waals surface area contributed by atoms with Crippen LogP contribution in [0.2, 0.25) is 10.0 Å². The van der Waals surface area contributed by atoms with Crippen molar-refractivity contribution in [3.63, 3.8) is 0 Å². The molecule has 41 heavy (non-hydrogen) atoms. The third-order valence-electron chi connectivity index (χ3n) is 6.03. The predicted molar refractivity (Wildman–Crippen MR) is 171 cm³/mol. The first-order valence-electron chi connectivity index (χ1n) is 12.6. The topological polar surface area (TPSA) is 76.7 Å². The van der Waals surface area contributed by atoms with Crippen molar-refractivity contribution in [1.29, 1.82) is 0 Å². The van der Waals surface area contributed by atoms with Gasteiger partial charge < -0.3 is 20.1 Å². The van der Waals surface area contributed by atoms with Gasteiger partial charge in [-0.1, -0.05) is 89.9 Å². The minimum atomic E-state index is -0.494. The third kappa shape index (κ3) is 8.73. The van der Waals surface area contributed by atoms with Gasteiger partial charge in [0.2, 0.25) is 0 Å². The lowest BCUT2D eigenvalue weighted by atomic mass is 10.1. The molecule has 0 saturated heterocycles. The van der Waals surface area contributed by atoms with Crippen molar-refractivity contribution in [2.45, 2.75) is 19.7 Å². The Bertz CT molecular complexity index is 1490. The molecule has 0 unspecified atom stereocenters. The lowest BCUT2D eigenvalue weighted by molar-refractivity contribution is -0.123. The van der Waals surface area contributed by atoms with Gasteiger partial charge in [-0.3, -0.25) is 9.59 Å². The van der Waals surface area contributed by atoms with Gasteiger partial charge in [0.25, 0.3) is 11.8 Å². The number of rotatable bonds is 11. The van der Waals surface area contributed by atoms with Gasteiger partial charge in [0.15, 0.2) is 11.5 Å². The molecule has 0 aromatic heterocycles. The Balaban J connectivity index is 1.58. The fraction of sp³-hybridized carbons (Fsp3) is 0.125. The maximum Gasteiger partial charge on any atom is 0.257 e. The van der Waals surface area contributed by atoms with Crippen LogP contribution >= 0.6 is 45.8 Å². The minimum absolute atomic E-state index is 0.0312. The molecule has 4 rings (SSSR count). The summed E-state index contributed by atoms with van der Waals surface area (Å²) in [6.07, 6.45) is 1.55. The SMILES string of the molecule is COc1cc(C=C(C(=O)NCc2ccccc2)C(=O)NCc2ccccc2)cc(I)c1OCc1ccc(Cl)cc1Cl. The van der Waals surface area contributed by atoms with Gasteiger partial charge in [-0.2, -0.15) is 0 Å². The van der Waals surface area contributed by atoms with Crippen molar-refractivity contribution in [3.8, 4) is 11.5 Å². The van der Waals surface area contributed by atoms with E-state index < -0.39 is 11.8 Å². The number of amides is 2. The van der Waals surface area contributed by atoms with Crippen molar-refractivity contribution in [1.82, 2.24) is 10.6 Å². The molecule has 4 aromatic carbocycles. The number of benzene rings is 4. The second-order valence-electron chi connectivity index (χ2n) is 8.95. The standard InChI is InChI=1S/C32H27Cl2IN2O4/c1-40-29-16-23(15-28(35)30(29)41-20-24-12-13-25(33)17-27(24)34)14-26(31(38)36-18-21-8-4-2-5-9-21)32(39)37-19-22-10-6-3-7-11-22/h2-17H,18-20H2,1H3,(H,36,38)(H,37,39). The quantitative estimate of drug-likeness (QED) is 0.0751. The summed E-state index contributed by atoms with van der Waals surface area (Å²) in [7, 11) is 1.53. The summed E-state index contributed by atoms with van der Waals surface area (Å²) in [6.45, 7) is 0.764. The molecule has 6 nitrogen and oxygen atoms in total. The van der Waals surface area contributed by atoms with E-state index in [0.717, 1.165) is 20.3 Å². The van der Waals surface area contributed by atoms with Gasteiger partial charge in [0.1, 0.15) is 12.2 Å². The van der Waals surface area contributed by atoms with Gasteiger partial charge in [-0.25, -0.2) is 0 Å². The van der Waals surface area contributed by atoms with E-state index in [9.17, 15) is 9.59 Å². The van der Waals surface area contributed by atoms with Crippen LogP contribution in [0.3, 0.4) is 0 Å². The highest BCUT2D eigenvalue weighted by molar-refractivity contribution is 14.1. The number of hydrogen-bond donors (Lipinski definition) is 2. The number of nitrogens with one attached hydrogen (secondary N) is 2. The summed E-state index contributed by atoms with van der Waals surface area (Å²) in [5.74, 6) is -0.0287. The Morgan fingerprint density at radius 1 is 0.829 bits per heavy atom. The molecule has 0 spiro atoms. The zero-order valence-corrected chi connectivity index (χ0v) is 25.8. The van der Waals surface area contributed by atoms with Crippen LogP contribution < -0.4 is 20.1 Å². The largest absolute Gasteiger partial charge is 0.493 e. The summed E-state index contributed by atoms with van der Waals surface area (Å²) in [4.78, 5) is 26.6. The molecule has 210 valence electrons. The monoisotopic (exact) mass is 700 g/mol. The third-order valence-corrected chi connectivity index (χ3v) is 7.42. The highest BCUT2D eigenvalue weighted by Crippen LogP contribution is 2.36. The molecule has 0 saturated carbocycles. The Morgan fingerprint density at radius 2 is 1.41 bits per heavy atom. The smallest absolute Gasteiger partial charge is 0.257 e. The molecule has 0 aliphatic carbocycles. The molecule has 0 radical (unpaired) electrons. The number of carbonyl (C=O) groups is 2. The van der Waals surface area contributed by atoms with Crippen LogP contribution in [0, 0.1) is 3.57 Å². The van der Waals surface area contributed by atoms with Crippen LogP contribution in [0.15, 0.2) is 96.6 Å². The molecule has 0 atom stereocenters. The number of methoxy groups -OCH3 is 1. The fourth-order valence-electron chi connectivity index (χ4n) is 3.90. The van der Waals surface area contributed by atoms with Crippen molar-refractivity contribution in [2.75, 3.05) is 7.11 Å². The Kier molecular flexibility index (Phi) is 11.1. The highest BCUT2D eigenvalue weighted by Gasteiger charge is 2.20. The van der Waals surface area contributed by atoms with E-state index in [4.69, 9.17) is 32.7 Å². The first-order chi connectivity index (χ1) is 19.8. The normalized spacial score (nSPS) is 10.4. The molecule has 0 bridgehead atoms.